The number of urea groups is 1. The van der Waals surface area contributed by atoms with Gasteiger partial charge in [0.2, 0.25) is 0 Å². The van der Waals surface area contributed by atoms with Gasteiger partial charge in [0, 0.05) is 7.11 Å². The third kappa shape index (κ3) is 3.32. The van der Waals surface area contributed by atoms with Gasteiger partial charge in [-0.3, -0.25) is 19.8 Å². The summed E-state index contributed by atoms with van der Waals surface area (Å²) >= 11 is 0. The number of amides is 4. The van der Waals surface area contributed by atoms with Crippen molar-refractivity contribution in [2.24, 2.45) is 0 Å². The number of rotatable bonds is 4. The Bertz CT molecular complexity index is 610. The van der Waals surface area contributed by atoms with Crippen molar-refractivity contribution in [1.29, 1.82) is 0 Å². The number of halogens is 1. The van der Waals surface area contributed by atoms with E-state index in [2.05, 4.69) is 5.32 Å². The monoisotopic (exact) mass is 292 g/mol. The number of hydrogen-bond acceptors (Lipinski definition) is 4. The smallest absolute Gasteiger partial charge is 0.331 e. The molecule has 110 valence electrons. The Morgan fingerprint density at radius 3 is 2.52 bits per heavy atom. The molecule has 0 atom stereocenters. The minimum absolute atomic E-state index is 0.0369. The Kier molecular flexibility index (Phi) is 4.44. The molecule has 0 saturated carbocycles. The molecule has 6 nitrogen and oxygen atoms in total. The lowest BCUT2D eigenvalue weighted by molar-refractivity contribution is -0.130. The van der Waals surface area contributed by atoms with E-state index >= 15 is 0 Å². The fraction of sp³-hybridized carbons (Fsp3) is 0.214. The number of carbonyl (C=O) groups excluding carboxylic acids is 3. The van der Waals surface area contributed by atoms with Crippen molar-refractivity contribution in [1.82, 2.24) is 10.2 Å². The van der Waals surface area contributed by atoms with Crippen LogP contribution in [0, 0.1) is 5.82 Å². The van der Waals surface area contributed by atoms with Crippen LogP contribution < -0.4 is 5.32 Å². The number of ether oxygens (including phenoxy) is 1. The first-order valence-corrected chi connectivity index (χ1v) is 6.16. The molecule has 0 aliphatic carbocycles. The van der Waals surface area contributed by atoms with E-state index in [1.165, 1.54) is 37.5 Å². The van der Waals surface area contributed by atoms with Gasteiger partial charge in [-0.25, -0.2) is 9.18 Å². The molecule has 0 aromatic heterocycles. The average Bonchev–Trinajstić information content (AvgIpc) is 2.45. The van der Waals surface area contributed by atoms with Crippen LogP contribution in [-0.4, -0.2) is 43.0 Å². The summed E-state index contributed by atoms with van der Waals surface area (Å²) in [6, 6.07) is 4.51. The molecular weight excluding hydrogens is 279 g/mol. The number of nitrogens with one attached hydrogen (secondary N) is 1. The second-order valence-corrected chi connectivity index (χ2v) is 4.32. The van der Waals surface area contributed by atoms with Gasteiger partial charge in [0.25, 0.3) is 11.8 Å². The zero-order chi connectivity index (χ0) is 15.4. The Hall–Kier alpha value is -2.54. The van der Waals surface area contributed by atoms with Crippen molar-refractivity contribution in [3.05, 3.63) is 41.2 Å². The highest BCUT2D eigenvalue weighted by Crippen LogP contribution is 2.14. The number of hydrogen-bond donors (Lipinski definition) is 1. The number of barbiturate groups is 1. The summed E-state index contributed by atoms with van der Waals surface area (Å²) in [6.45, 7) is 0.201. The Balaban J connectivity index is 2.28. The molecular formula is C14H13FN2O4. The minimum Gasteiger partial charge on any atom is -0.383 e. The summed E-state index contributed by atoms with van der Waals surface area (Å²) in [5, 5.41) is 2.08. The largest absolute Gasteiger partial charge is 0.383 e. The van der Waals surface area contributed by atoms with E-state index < -0.39 is 23.7 Å². The molecule has 0 bridgehead atoms. The van der Waals surface area contributed by atoms with Gasteiger partial charge in [-0.05, 0) is 23.8 Å². The van der Waals surface area contributed by atoms with Crippen molar-refractivity contribution in [2.45, 2.75) is 0 Å². The molecule has 1 aromatic carbocycles. The normalized spacial score (nSPS) is 17.3. The summed E-state index contributed by atoms with van der Waals surface area (Å²) in [7, 11) is 1.44. The van der Waals surface area contributed by atoms with Gasteiger partial charge in [0.15, 0.2) is 0 Å². The van der Waals surface area contributed by atoms with Crippen molar-refractivity contribution in [3.8, 4) is 0 Å². The Morgan fingerprint density at radius 2 is 1.90 bits per heavy atom. The maximum absolute atomic E-state index is 12.8. The van der Waals surface area contributed by atoms with Gasteiger partial charge >= 0.3 is 6.03 Å². The molecule has 1 saturated heterocycles. The minimum atomic E-state index is -0.779. The van der Waals surface area contributed by atoms with Crippen LogP contribution in [0.3, 0.4) is 0 Å². The van der Waals surface area contributed by atoms with E-state index in [-0.39, 0.29) is 18.7 Å². The molecule has 0 unspecified atom stereocenters. The van der Waals surface area contributed by atoms with Crippen LogP contribution >= 0.6 is 0 Å². The molecule has 1 N–H and O–H groups in total. The second kappa shape index (κ2) is 6.27. The molecule has 1 heterocycles. The zero-order valence-electron chi connectivity index (χ0n) is 11.3. The topological polar surface area (TPSA) is 75.7 Å². The van der Waals surface area contributed by atoms with Crippen molar-refractivity contribution in [3.63, 3.8) is 0 Å². The molecule has 0 spiro atoms. The lowest BCUT2D eigenvalue weighted by Crippen LogP contribution is -2.54. The lowest BCUT2D eigenvalue weighted by Gasteiger charge is -2.26. The second-order valence-electron chi connectivity index (χ2n) is 4.32. The molecule has 7 heteroatoms. The number of carbonyl (C=O) groups is 3. The van der Waals surface area contributed by atoms with E-state index in [9.17, 15) is 18.8 Å². The molecule has 1 aromatic rings. The molecule has 4 amide bonds. The summed E-state index contributed by atoms with van der Waals surface area (Å²) in [6.07, 6.45) is 1.31. The van der Waals surface area contributed by atoms with Crippen LogP contribution in [0.1, 0.15) is 5.56 Å². The maximum atomic E-state index is 12.8. The predicted molar refractivity (Wildman–Crippen MR) is 71.5 cm³/mol. The van der Waals surface area contributed by atoms with Gasteiger partial charge in [0.05, 0.1) is 13.2 Å². The molecule has 0 radical (unpaired) electrons. The Labute approximate surface area is 120 Å². The SMILES string of the molecule is COCCN1C(=O)NC(=O)C(=Cc2ccc(F)cc2)C1=O. The highest BCUT2D eigenvalue weighted by molar-refractivity contribution is 6.30. The van der Waals surface area contributed by atoms with Crippen LogP contribution in [0.5, 0.6) is 0 Å². The summed E-state index contributed by atoms with van der Waals surface area (Å²) in [4.78, 5) is 36.4. The fourth-order valence-corrected chi connectivity index (χ4v) is 1.81. The first-order valence-electron chi connectivity index (χ1n) is 6.16. The Morgan fingerprint density at radius 1 is 1.24 bits per heavy atom. The molecule has 1 aliphatic rings. The van der Waals surface area contributed by atoms with Gasteiger partial charge in [-0.15, -0.1) is 0 Å². The van der Waals surface area contributed by atoms with Crippen LogP contribution in [0.2, 0.25) is 0 Å². The van der Waals surface area contributed by atoms with Crippen LogP contribution in [0.25, 0.3) is 6.08 Å². The van der Waals surface area contributed by atoms with Gasteiger partial charge in [-0.2, -0.15) is 0 Å². The highest BCUT2D eigenvalue weighted by Gasteiger charge is 2.35. The molecule has 1 fully saturated rings. The molecule has 2 rings (SSSR count). The lowest BCUT2D eigenvalue weighted by atomic mass is 10.1. The summed E-state index contributed by atoms with van der Waals surface area (Å²) < 4.78 is 17.7. The standard InChI is InChI=1S/C14H13FN2O4/c1-21-7-6-17-13(19)11(12(18)16-14(17)20)8-9-2-4-10(15)5-3-9/h2-5,8H,6-7H2,1H3,(H,16,18,20). The third-order valence-electron chi connectivity index (χ3n) is 2.89. The van der Waals surface area contributed by atoms with Crippen molar-refractivity contribution in [2.75, 3.05) is 20.3 Å². The number of methoxy groups -OCH3 is 1. The van der Waals surface area contributed by atoms with Crippen LogP contribution in [0.4, 0.5) is 9.18 Å². The van der Waals surface area contributed by atoms with E-state index in [1.807, 2.05) is 0 Å². The summed E-state index contributed by atoms with van der Waals surface area (Å²) in [5.74, 6) is -1.90. The number of benzene rings is 1. The first-order chi connectivity index (χ1) is 10.0. The molecule has 1 aliphatic heterocycles. The van der Waals surface area contributed by atoms with Gasteiger partial charge < -0.3 is 4.74 Å². The van der Waals surface area contributed by atoms with E-state index in [1.54, 1.807) is 0 Å². The zero-order valence-corrected chi connectivity index (χ0v) is 11.3. The van der Waals surface area contributed by atoms with Crippen LogP contribution in [-0.2, 0) is 14.3 Å². The third-order valence-corrected chi connectivity index (χ3v) is 2.89. The van der Waals surface area contributed by atoms with E-state index in [0.29, 0.717) is 5.56 Å². The van der Waals surface area contributed by atoms with Gasteiger partial charge in [0.1, 0.15) is 11.4 Å². The average molecular weight is 292 g/mol. The predicted octanol–water partition coefficient (Wildman–Crippen LogP) is 0.934. The quantitative estimate of drug-likeness (QED) is 0.662. The maximum Gasteiger partial charge on any atom is 0.331 e. The first kappa shape index (κ1) is 14.9. The van der Waals surface area contributed by atoms with Crippen molar-refractivity contribution < 1.29 is 23.5 Å². The summed E-state index contributed by atoms with van der Waals surface area (Å²) in [5.41, 5.74) is 0.299. The molecule has 21 heavy (non-hydrogen) atoms. The van der Waals surface area contributed by atoms with Crippen molar-refractivity contribution >= 4 is 23.9 Å². The fourth-order valence-electron chi connectivity index (χ4n) is 1.81. The van der Waals surface area contributed by atoms with E-state index in [4.69, 9.17) is 4.74 Å². The van der Waals surface area contributed by atoms with Crippen LogP contribution in [0.15, 0.2) is 29.8 Å². The number of nitrogens with zero attached hydrogens (tertiary/aromatic N) is 1. The van der Waals surface area contributed by atoms with Gasteiger partial charge in [-0.1, -0.05) is 12.1 Å². The highest BCUT2D eigenvalue weighted by atomic mass is 19.1. The van der Waals surface area contributed by atoms with E-state index in [0.717, 1.165) is 4.90 Å². The number of imide groups is 2.